The molecule has 1 saturated heterocycles. The summed E-state index contributed by atoms with van der Waals surface area (Å²) in [5.41, 5.74) is 1.72. The first kappa shape index (κ1) is 20.0. The van der Waals surface area contributed by atoms with Crippen molar-refractivity contribution >= 4 is 22.8 Å². The molecule has 1 aromatic heterocycles. The summed E-state index contributed by atoms with van der Waals surface area (Å²) in [5, 5.41) is 5.72. The highest BCUT2D eigenvalue weighted by Gasteiger charge is 2.22. The molecule has 0 N–H and O–H groups in total. The molecule has 1 fully saturated rings. The van der Waals surface area contributed by atoms with E-state index in [-0.39, 0.29) is 17.9 Å². The Balaban J connectivity index is 1.35. The highest BCUT2D eigenvalue weighted by atomic mass is 16.2. The van der Waals surface area contributed by atoms with Gasteiger partial charge in [-0.05, 0) is 11.6 Å². The Bertz CT molecular complexity index is 1110. The Morgan fingerprint density at radius 3 is 2.37 bits per heavy atom. The van der Waals surface area contributed by atoms with Crippen molar-refractivity contribution in [3.05, 3.63) is 82.3 Å². The molecule has 2 aromatic carbocycles. The molecule has 0 atom stereocenters. The van der Waals surface area contributed by atoms with Gasteiger partial charge in [0, 0.05) is 45.2 Å². The van der Waals surface area contributed by atoms with Gasteiger partial charge in [-0.25, -0.2) is 4.68 Å². The van der Waals surface area contributed by atoms with Gasteiger partial charge in [-0.3, -0.25) is 14.5 Å². The van der Waals surface area contributed by atoms with E-state index < -0.39 is 0 Å². The summed E-state index contributed by atoms with van der Waals surface area (Å²) < 4.78 is 1.32. The SMILES string of the molecule is Cn1nc(CC(=O)N2CCN(CC=Cc3ccccc3)CC2)c2ccccc2c1=O. The lowest BCUT2D eigenvalue weighted by molar-refractivity contribution is -0.132. The zero-order chi connectivity index (χ0) is 20.9. The standard InChI is InChI=1S/C24H26N4O2/c1-26-24(30)21-12-6-5-11-20(21)22(25-26)18-23(29)28-16-14-27(15-17-28)13-7-10-19-8-3-2-4-9-19/h2-12H,13-18H2,1H3. The Hall–Kier alpha value is -3.25. The smallest absolute Gasteiger partial charge is 0.274 e. The summed E-state index contributed by atoms with van der Waals surface area (Å²) >= 11 is 0. The second-order valence-corrected chi connectivity index (χ2v) is 7.59. The number of aryl methyl sites for hydroxylation is 1. The average Bonchev–Trinajstić information content (AvgIpc) is 2.78. The van der Waals surface area contributed by atoms with Crippen LogP contribution in [0, 0.1) is 0 Å². The van der Waals surface area contributed by atoms with Crippen LogP contribution in [0.4, 0.5) is 0 Å². The van der Waals surface area contributed by atoms with Crippen LogP contribution < -0.4 is 5.56 Å². The van der Waals surface area contributed by atoms with Crippen LogP contribution in [0.15, 0.2) is 65.5 Å². The Kier molecular flexibility index (Phi) is 6.05. The Morgan fingerprint density at radius 2 is 1.63 bits per heavy atom. The number of benzene rings is 2. The van der Waals surface area contributed by atoms with Gasteiger partial charge in [-0.15, -0.1) is 0 Å². The maximum absolute atomic E-state index is 12.9. The van der Waals surface area contributed by atoms with Crippen molar-refractivity contribution in [2.45, 2.75) is 6.42 Å². The molecule has 4 rings (SSSR count). The maximum atomic E-state index is 12.9. The third-order valence-electron chi connectivity index (χ3n) is 5.55. The van der Waals surface area contributed by atoms with Crippen LogP contribution in [0.2, 0.25) is 0 Å². The van der Waals surface area contributed by atoms with Crippen molar-refractivity contribution in [3.63, 3.8) is 0 Å². The summed E-state index contributed by atoms with van der Waals surface area (Å²) in [6.45, 7) is 4.01. The molecule has 2 heterocycles. The molecular formula is C24H26N4O2. The maximum Gasteiger partial charge on any atom is 0.274 e. The number of nitrogens with zero attached hydrogens (tertiary/aromatic N) is 4. The average molecular weight is 402 g/mol. The predicted molar refractivity (Wildman–Crippen MR) is 119 cm³/mol. The molecule has 0 unspecified atom stereocenters. The largest absolute Gasteiger partial charge is 0.340 e. The van der Waals surface area contributed by atoms with Crippen LogP contribution in [0.1, 0.15) is 11.3 Å². The molecule has 6 heteroatoms. The van der Waals surface area contributed by atoms with E-state index in [1.165, 1.54) is 10.2 Å². The second-order valence-electron chi connectivity index (χ2n) is 7.59. The van der Waals surface area contributed by atoms with Gasteiger partial charge in [0.05, 0.1) is 17.5 Å². The second kappa shape index (κ2) is 9.05. The van der Waals surface area contributed by atoms with Crippen molar-refractivity contribution in [3.8, 4) is 0 Å². The van der Waals surface area contributed by atoms with Gasteiger partial charge in [0.1, 0.15) is 0 Å². The number of aromatic nitrogens is 2. The van der Waals surface area contributed by atoms with E-state index in [0.29, 0.717) is 24.2 Å². The highest BCUT2D eigenvalue weighted by Crippen LogP contribution is 2.15. The normalized spacial score (nSPS) is 15.2. The van der Waals surface area contributed by atoms with Crippen LogP contribution in [0.25, 0.3) is 16.8 Å². The predicted octanol–water partition coefficient (Wildman–Crippen LogP) is 2.33. The van der Waals surface area contributed by atoms with E-state index in [2.05, 4.69) is 34.3 Å². The molecule has 6 nitrogen and oxygen atoms in total. The number of carbonyl (C=O) groups excluding carboxylic acids is 1. The fourth-order valence-corrected chi connectivity index (χ4v) is 3.84. The minimum atomic E-state index is -0.140. The number of piperazine rings is 1. The van der Waals surface area contributed by atoms with Gasteiger partial charge >= 0.3 is 0 Å². The van der Waals surface area contributed by atoms with Gasteiger partial charge in [0.25, 0.3) is 5.56 Å². The number of carbonyl (C=O) groups is 1. The minimum absolute atomic E-state index is 0.0609. The zero-order valence-corrected chi connectivity index (χ0v) is 17.2. The van der Waals surface area contributed by atoms with Crippen molar-refractivity contribution in [1.82, 2.24) is 19.6 Å². The van der Waals surface area contributed by atoms with E-state index in [1.807, 2.05) is 41.3 Å². The van der Waals surface area contributed by atoms with Crippen LogP contribution in [-0.4, -0.2) is 58.2 Å². The first-order valence-electron chi connectivity index (χ1n) is 10.3. The quantitative estimate of drug-likeness (QED) is 0.657. The molecule has 0 saturated carbocycles. The summed E-state index contributed by atoms with van der Waals surface area (Å²) in [6.07, 6.45) is 4.52. The molecule has 0 spiro atoms. The molecule has 154 valence electrons. The number of hydrogen-bond donors (Lipinski definition) is 0. The molecule has 3 aromatic rings. The first-order valence-corrected chi connectivity index (χ1v) is 10.3. The molecular weight excluding hydrogens is 376 g/mol. The monoisotopic (exact) mass is 402 g/mol. The van der Waals surface area contributed by atoms with Crippen molar-refractivity contribution in [2.75, 3.05) is 32.7 Å². The fourth-order valence-electron chi connectivity index (χ4n) is 3.84. The minimum Gasteiger partial charge on any atom is -0.340 e. The lowest BCUT2D eigenvalue weighted by atomic mass is 10.1. The summed E-state index contributed by atoms with van der Waals surface area (Å²) in [6, 6.07) is 17.6. The van der Waals surface area contributed by atoms with Gasteiger partial charge in [-0.2, -0.15) is 5.10 Å². The molecule has 0 aliphatic carbocycles. The number of rotatable bonds is 5. The molecule has 0 bridgehead atoms. The van der Waals surface area contributed by atoms with Crippen LogP contribution >= 0.6 is 0 Å². The van der Waals surface area contributed by atoms with Gasteiger partial charge in [-0.1, -0.05) is 60.7 Å². The van der Waals surface area contributed by atoms with Gasteiger partial charge < -0.3 is 4.90 Å². The lowest BCUT2D eigenvalue weighted by Gasteiger charge is -2.34. The Morgan fingerprint density at radius 1 is 0.967 bits per heavy atom. The van der Waals surface area contributed by atoms with Gasteiger partial charge in [0.15, 0.2) is 0 Å². The number of hydrogen-bond acceptors (Lipinski definition) is 4. The fraction of sp³-hybridized carbons (Fsp3) is 0.292. The summed E-state index contributed by atoms with van der Waals surface area (Å²) in [7, 11) is 1.63. The Labute approximate surface area is 176 Å². The third kappa shape index (κ3) is 4.49. The van der Waals surface area contributed by atoms with E-state index in [1.54, 1.807) is 13.1 Å². The van der Waals surface area contributed by atoms with E-state index in [9.17, 15) is 9.59 Å². The van der Waals surface area contributed by atoms with Crippen molar-refractivity contribution < 1.29 is 4.79 Å². The highest BCUT2D eigenvalue weighted by molar-refractivity contribution is 5.88. The van der Waals surface area contributed by atoms with Crippen molar-refractivity contribution in [1.29, 1.82) is 0 Å². The number of fused-ring (bicyclic) bond motifs is 1. The molecule has 1 amide bonds. The van der Waals surface area contributed by atoms with E-state index in [0.717, 1.165) is 25.0 Å². The molecule has 30 heavy (non-hydrogen) atoms. The van der Waals surface area contributed by atoms with Crippen molar-refractivity contribution in [2.24, 2.45) is 7.05 Å². The van der Waals surface area contributed by atoms with Gasteiger partial charge in [0.2, 0.25) is 5.91 Å². The lowest BCUT2D eigenvalue weighted by Crippen LogP contribution is -2.49. The van der Waals surface area contributed by atoms with Crippen LogP contribution in [0.5, 0.6) is 0 Å². The van der Waals surface area contributed by atoms with Crippen LogP contribution in [0.3, 0.4) is 0 Å². The third-order valence-corrected chi connectivity index (χ3v) is 5.55. The molecule has 1 aliphatic heterocycles. The summed E-state index contributed by atoms with van der Waals surface area (Å²) in [5.74, 6) is 0.0609. The number of amides is 1. The molecule has 0 radical (unpaired) electrons. The van der Waals surface area contributed by atoms with E-state index >= 15 is 0 Å². The molecule has 1 aliphatic rings. The summed E-state index contributed by atoms with van der Waals surface area (Å²) in [4.78, 5) is 29.4. The van der Waals surface area contributed by atoms with E-state index in [4.69, 9.17) is 0 Å². The zero-order valence-electron chi connectivity index (χ0n) is 17.2. The topological polar surface area (TPSA) is 58.4 Å². The van der Waals surface area contributed by atoms with Crippen LogP contribution in [-0.2, 0) is 18.3 Å². The first-order chi connectivity index (χ1) is 14.6.